The van der Waals surface area contributed by atoms with E-state index in [1.807, 2.05) is 0 Å². The van der Waals surface area contributed by atoms with Crippen molar-refractivity contribution < 1.29 is 14.5 Å². The van der Waals surface area contributed by atoms with Crippen LogP contribution in [0.1, 0.15) is 10.4 Å². The zero-order valence-corrected chi connectivity index (χ0v) is 9.81. The molecule has 0 spiro atoms. The van der Waals surface area contributed by atoms with E-state index in [1.54, 1.807) is 0 Å². The highest BCUT2D eigenvalue weighted by molar-refractivity contribution is 6.38. The molecule has 0 aromatic heterocycles. The fourth-order valence-corrected chi connectivity index (χ4v) is 1.87. The number of nitro benzene ring substituents is 1. The number of rotatable bonds is 2. The molecule has 0 aliphatic carbocycles. The van der Waals surface area contributed by atoms with E-state index in [0.717, 1.165) is 0 Å². The lowest BCUT2D eigenvalue weighted by Gasteiger charge is -2.03. The van der Waals surface area contributed by atoms with Crippen molar-refractivity contribution in [2.24, 2.45) is 0 Å². The number of benzene rings is 1. The van der Waals surface area contributed by atoms with Crippen LogP contribution < -0.4 is 5.19 Å². The highest BCUT2D eigenvalue weighted by Crippen LogP contribution is 2.09. The third-order valence-electron chi connectivity index (χ3n) is 1.91. The van der Waals surface area contributed by atoms with Gasteiger partial charge in [0.15, 0.2) is 0 Å². The van der Waals surface area contributed by atoms with Crippen LogP contribution in [0.25, 0.3) is 0 Å². The fourth-order valence-electron chi connectivity index (χ4n) is 1.15. The van der Waals surface area contributed by atoms with Crippen LogP contribution in [-0.4, -0.2) is 28.2 Å². The minimum atomic E-state index is -0.529. The summed E-state index contributed by atoms with van der Waals surface area (Å²) in [5.41, 5.74) is 0.271. The van der Waals surface area contributed by atoms with E-state index in [-0.39, 0.29) is 11.3 Å². The molecule has 1 aromatic rings. The van der Waals surface area contributed by atoms with E-state index in [4.69, 9.17) is 0 Å². The van der Waals surface area contributed by atoms with Crippen LogP contribution in [0.4, 0.5) is 5.69 Å². The Balaban J connectivity index is 3.27. The largest absolute Gasteiger partial charge is 0.465 e. The Morgan fingerprint density at radius 2 is 2.21 bits per heavy atom. The zero-order valence-electron chi connectivity index (χ0n) is 7.81. The Hall–Kier alpha value is -1.69. The van der Waals surface area contributed by atoms with Crippen molar-refractivity contribution in [1.29, 1.82) is 0 Å². The lowest BCUT2D eigenvalue weighted by atomic mass is 10.2. The highest BCUT2D eigenvalue weighted by Gasteiger charge is 2.17. The molecule has 1 aromatic carbocycles. The molecule has 0 N–H and O–H groups in total. The summed E-state index contributed by atoms with van der Waals surface area (Å²) in [6.45, 7) is 0. The Labute approximate surface area is 83.3 Å². The third-order valence-corrected chi connectivity index (χ3v) is 2.96. The van der Waals surface area contributed by atoms with Crippen LogP contribution in [-0.2, 0) is 4.74 Å². The molecule has 1 rings (SSSR count). The molecule has 74 valence electrons. The number of carbonyl (C=O) groups is 1. The maximum absolute atomic E-state index is 11.2. The van der Waals surface area contributed by atoms with E-state index in [9.17, 15) is 14.9 Å². The monoisotopic (exact) mass is 211 g/mol. The number of esters is 1. The molecule has 0 atom stereocenters. The van der Waals surface area contributed by atoms with E-state index >= 15 is 0 Å². The number of methoxy groups -OCH3 is 1. The average molecular weight is 211 g/mol. The summed E-state index contributed by atoms with van der Waals surface area (Å²) < 4.78 is 4.51. The van der Waals surface area contributed by atoms with E-state index in [1.165, 1.54) is 25.3 Å². The van der Waals surface area contributed by atoms with Crippen molar-refractivity contribution in [1.82, 2.24) is 0 Å². The summed E-state index contributed by atoms with van der Waals surface area (Å²) in [4.78, 5) is 21.3. The molecule has 0 heterocycles. The standard InChI is InChI=1S/C8H9NO4Si/c1-13-8(10)5-3-2-4-6(7(5)14)9(11)12/h2-4H,1,14H3. The van der Waals surface area contributed by atoms with Crippen LogP contribution in [0.15, 0.2) is 18.2 Å². The molecule has 0 saturated carbocycles. The van der Waals surface area contributed by atoms with Crippen LogP contribution >= 0.6 is 0 Å². The van der Waals surface area contributed by atoms with Gasteiger partial charge in [-0.1, -0.05) is 6.07 Å². The number of ether oxygens (including phenoxy) is 1. The first-order chi connectivity index (χ1) is 6.57. The van der Waals surface area contributed by atoms with E-state index in [0.29, 0.717) is 15.4 Å². The van der Waals surface area contributed by atoms with Gasteiger partial charge in [-0.05, 0) is 6.07 Å². The van der Waals surface area contributed by atoms with Crippen LogP contribution in [0, 0.1) is 10.1 Å². The lowest BCUT2D eigenvalue weighted by molar-refractivity contribution is -0.383. The molecule has 0 amide bonds. The first kappa shape index (κ1) is 10.4. The van der Waals surface area contributed by atoms with Crippen molar-refractivity contribution in [2.75, 3.05) is 7.11 Å². The minimum absolute atomic E-state index is 0.0143. The van der Waals surface area contributed by atoms with Crippen molar-refractivity contribution >= 4 is 27.1 Å². The van der Waals surface area contributed by atoms with Gasteiger partial charge in [0, 0.05) is 21.5 Å². The van der Waals surface area contributed by atoms with E-state index in [2.05, 4.69) is 4.74 Å². The number of nitro groups is 1. The SMILES string of the molecule is COC(=O)c1cccc([N+](=O)[O-])c1[SiH3]. The predicted molar refractivity (Wildman–Crippen MR) is 54.0 cm³/mol. The summed E-state index contributed by atoms with van der Waals surface area (Å²) in [7, 11) is 1.69. The highest BCUT2D eigenvalue weighted by atomic mass is 28.1. The zero-order chi connectivity index (χ0) is 10.7. The molecule has 0 aliphatic rings. The van der Waals surface area contributed by atoms with Gasteiger partial charge < -0.3 is 4.74 Å². The molecular formula is C8H9NO4Si. The van der Waals surface area contributed by atoms with Crippen LogP contribution in [0.5, 0.6) is 0 Å². The molecule has 5 nitrogen and oxygen atoms in total. The fraction of sp³-hybridized carbons (Fsp3) is 0.125. The Morgan fingerprint density at radius 1 is 1.57 bits per heavy atom. The van der Waals surface area contributed by atoms with Crippen molar-refractivity contribution in [3.63, 3.8) is 0 Å². The van der Waals surface area contributed by atoms with Gasteiger partial charge in [-0.2, -0.15) is 0 Å². The smallest absolute Gasteiger partial charge is 0.337 e. The summed E-state index contributed by atoms with van der Waals surface area (Å²) >= 11 is 0. The van der Waals surface area contributed by atoms with Gasteiger partial charge in [0.05, 0.1) is 17.6 Å². The number of carbonyl (C=O) groups excluding carboxylic acids is 1. The van der Waals surface area contributed by atoms with Crippen molar-refractivity contribution in [2.45, 2.75) is 0 Å². The second-order valence-corrected chi connectivity index (χ2v) is 3.70. The van der Waals surface area contributed by atoms with Gasteiger partial charge in [0.1, 0.15) is 0 Å². The molecule has 0 bridgehead atoms. The lowest BCUT2D eigenvalue weighted by Crippen LogP contribution is -2.20. The molecular weight excluding hydrogens is 202 g/mol. The van der Waals surface area contributed by atoms with Gasteiger partial charge in [-0.3, -0.25) is 10.1 Å². The van der Waals surface area contributed by atoms with Crippen molar-refractivity contribution in [3.8, 4) is 0 Å². The van der Waals surface area contributed by atoms with Gasteiger partial charge in [-0.25, -0.2) is 4.79 Å². The summed E-state index contributed by atoms with van der Waals surface area (Å²) in [6.07, 6.45) is 0. The molecule has 0 fully saturated rings. The molecule has 0 unspecified atom stereocenters. The van der Waals surface area contributed by atoms with Gasteiger partial charge in [-0.15, -0.1) is 0 Å². The third kappa shape index (κ3) is 1.79. The molecule has 0 aliphatic heterocycles. The van der Waals surface area contributed by atoms with Gasteiger partial charge in [0.25, 0.3) is 5.69 Å². The molecule has 6 heteroatoms. The number of nitrogens with zero attached hydrogens (tertiary/aromatic N) is 1. The topological polar surface area (TPSA) is 69.4 Å². The van der Waals surface area contributed by atoms with Crippen LogP contribution in [0.2, 0.25) is 0 Å². The summed E-state index contributed by atoms with van der Waals surface area (Å²) in [5, 5.41) is 11.0. The Morgan fingerprint density at radius 3 is 2.71 bits per heavy atom. The van der Waals surface area contributed by atoms with E-state index < -0.39 is 10.9 Å². The quantitative estimate of drug-likeness (QED) is 0.283. The maximum Gasteiger partial charge on any atom is 0.337 e. The van der Waals surface area contributed by atoms with Gasteiger partial charge in [0.2, 0.25) is 0 Å². The molecule has 0 saturated heterocycles. The van der Waals surface area contributed by atoms with Gasteiger partial charge >= 0.3 is 5.97 Å². The second kappa shape index (κ2) is 4.01. The second-order valence-electron chi connectivity index (χ2n) is 2.70. The first-order valence-electron chi connectivity index (χ1n) is 3.90. The first-order valence-corrected chi connectivity index (χ1v) is 4.90. The number of hydrogen-bond donors (Lipinski definition) is 0. The predicted octanol–water partition coefficient (Wildman–Crippen LogP) is -0.628. The normalized spacial score (nSPS) is 9.79. The maximum atomic E-state index is 11.2. The minimum Gasteiger partial charge on any atom is -0.465 e. The number of hydrogen-bond acceptors (Lipinski definition) is 4. The molecule has 14 heavy (non-hydrogen) atoms. The summed E-state index contributed by atoms with van der Waals surface area (Å²) in [5.74, 6) is -0.529. The Bertz CT molecular complexity index is 391. The van der Waals surface area contributed by atoms with Crippen molar-refractivity contribution in [3.05, 3.63) is 33.9 Å². The Kier molecular flexibility index (Phi) is 2.98. The summed E-state index contributed by atoms with van der Waals surface area (Å²) in [6, 6.07) is 4.39. The van der Waals surface area contributed by atoms with Crippen LogP contribution in [0.3, 0.4) is 0 Å². The molecule has 0 radical (unpaired) electrons. The average Bonchev–Trinajstić information content (AvgIpc) is 2.16.